The molecule has 0 atom stereocenters. The van der Waals surface area contributed by atoms with Gasteiger partial charge < -0.3 is 9.84 Å². The van der Waals surface area contributed by atoms with Crippen LogP contribution < -0.4 is 10.1 Å². The molecule has 0 radical (unpaired) electrons. The molecule has 0 aliphatic carbocycles. The number of rotatable bonds is 4. The minimum Gasteiger partial charge on any atom is -0.504 e. The van der Waals surface area contributed by atoms with Crippen LogP contribution in [0.25, 0.3) is 6.08 Å². The minimum atomic E-state index is -0.626. The molecule has 1 saturated heterocycles. The molecule has 1 fully saturated rings. The van der Waals surface area contributed by atoms with E-state index in [9.17, 15) is 14.7 Å². The Kier molecular flexibility index (Phi) is 5.17. The predicted octanol–water partition coefficient (Wildman–Crippen LogP) is 1.98. The Morgan fingerprint density at radius 2 is 2.17 bits per heavy atom. The van der Waals surface area contributed by atoms with Gasteiger partial charge in [-0.05, 0) is 30.4 Å². The maximum atomic E-state index is 12.4. The highest BCUT2D eigenvalue weighted by Crippen LogP contribution is 2.35. The molecule has 0 spiro atoms. The van der Waals surface area contributed by atoms with Crippen molar-refractivity contribution in [1.82, 2.24) is 10.2 Å². The van der Waals surface area contributed by atoms with E-state index in [-0.39, 0.29) is 34.3 Å². The summed E-state index contributed by atoms with van der Waals surface area (Å²) in [7, 11) is 1.40. The maximum Gasteiger partial charge on any atom is 0.265 e. The van der Waals surface area contributed by atoms with Gasteiger partial charge in [0.2, 0.25) is 0 Å². The smallest absolute Gasteiger partial charge is 0.265 e. The SMILES string of the molecule is C=CCN1C(=O)/C(=C/c2cc(Br)cc(OC)c2O)C(=O)NC1=S. The monoisotopic (exact) mass is 396 g/mol. The number of halogens is 1. The van der Waals surface area contributed by atoms with Crippen molar-refractivity contribution < 1.29 is 19.4 Å². The molecule has 0 unspecified atom stereocenters. The zero-order valence-electron chi connectivity index (χ0n) is 12.1. The Bertz CT molecular complexity index is 745. The third kappa shape index (κ3) is 3.43. The molecule has 2 N–H and O–H groups in total. The first-order valence-corrected chi connectivity index (χ1v) is 7.65. The van der Waals surface area contributed by atoms with Gasteiger partial charge in [0.25, 0.3) is 11.8 Å². The van der Waals surface area contributed by atoms with Gasteiger partial charge in [-0.3, -0.25) is 19.8 Å². The molecule has 2 amide bonds. The first kappa shape index (κ1) is 17.2. The van der Waals surface area contributed by atoms with Crippen molar-refractivity contribution in [3.8, 4) is 11.5 Å². The molecule has 1 aliphatic heterocycles. The zero-order valence-corrected chi connectivity index (χ0v) is 14.5. The maximum absolute atomic E-state index is 12.4. The number of nitrogens with zero attached hydrogens (tertiary/aromatic N) is 1. The molecular weight excluding hydrogens is 384 g/mol. The number of phenols is 1. The molecule has 0 saturated carbocycles. The van der Waals surface area contributed by atoms with Crippen molar-refractivity contribution in [2.24, 2.45) is 0 Å². The molecule has 120 valence electrons. The van der Waals surface area contributed by atoms with Crippen molar-refractivity contribution in [3.05, 3.63) is 40.4 Å². The van der Waals surface area contributed by atoms with Crippen molar-refractivity contribution in [2.75, 3.05) is 13.7 Å². The van der Waals surface area contributed by atoms with Gasteiger partial charge in [-0.15, -0.1) is 6.58 Å². The number of nitrogens with one attached hydrogen (secondary N) is 1. The largest absolute Gasteiger partial charge is 0.504 e. The van der Waals surface area contributed by atoms with Gasteiger partial charge in [0.05, 0.1) is 7.11 Å². The van der Waals surface area contributed by atoms with Gasteiger partial charge in [0.15, 0.2) is 16.6 Å². The van der Waals surface area contributed by atoms with Gasteiger partial charge >= 0.3 is 0 Å². The second-order valence-corrected chi connectivity index (χ2v) is 5.87. The number of carbonyl (C=O) groups is 2. The lowest BCUT2D eigenvalue weighted by atomic mass is 10.1. The summed E-state index contributed by atoms with van der Waals surface area (Å²) in [5.74, 6) is -1.14. The highest BCUT2D eigenvalue weighted by molar-refractivity contribution is 9.10. The van der Waals surface area contributed by atoms with E-state index in [4.69, 9.17) is 17.0 Å². The fraction of sp³-hybridized carbons (Fsp3) is 0.133. The first-order valence-electron chi connectivity index (χ1n) is 6.45. The number of thiocarbonyl (C=S) groups is 1. The van der Waals surface area contributed by atoms with E-state index >= 15 is 0 Å². The van der Waals surface area contributed by atoms with Crippen LogP contribution >= 0.6 is 28.1 Å². The van der Waals surface area contributed by atoms with Gasteiger partial charge in [-0.2, -0.15) is 0 Å². The number of hydrogen-bond donors (Lipinski definition) is 2. The molecule has 2 rings (SSSR count). The van der Waals surface area contributed by atoms with Crippen LogP contribution in [0.15, 0.2) is 34.8 Å². The van der Waals surface area contributed by atoms with Crippen LogP contribution in [0, 0.1) is 0 Å². The average molecular weight is 397 g/mol. The normalized spacial score (nSPS) is 16.5. The van der Waals surface area contributed by atoms with Crippen LogP contribution in [-0.2, 0) is 9.59 Å². The number of methoxy groups -OCH3 is 1. The van der Waals surface area contributed by atoms with Crippen LogP contribution in [-0.4, -0.2) is 40.6 Å². The van der Waals surface area contributed by atoms with E-state index in [1.54, 1.807) is 12.1 Å². The van der Waals surface area contributed by atoms with Crippen molar-refractivity contribution in [2.45, 2.75) is 0 Å². The summed E-state index contributed by atoms with van der Waals surface area (Å²) < 4.78 is 5.67. The van der Waals surface area contributed by atoms with E-state index < -0.39 is 11.8 Å². The van der Waals surface area contributed by atoms with E-state index in [0.29, 0.717) is 4.47 Å². The number of amides is 2. The summed E-state index contributed by atoms with van der Waals surface area (Å²) in [4.78, 5) is 25.7. The van der Waals surface area contributed by atoms with Gasteiger partial charge in [-0.1, -0.05) is 22.0 Å². The Hall–Kier alpha value is -2.19. The van der Waals surface area contributed by atoms with Gasteiger partial charge in [0, 0.05) is 16.6 Å². The molecule has 1 aromatic carbocycles. The highest BCUT2D eigenvalue weighted by atomic mass is 79.9. The molecule has 6 nitrogen and oxygen atoms in total. The minimum absolute atomic E-state index is 0.0214. The number of hydrogen-bond acceptors (Lipinski definition) is 5. The highest BCUT2D eigenvalue weighted by Gasteiger charge is 2.32. The lowest BCUT2D eigenvalue weighted by Gasteiger charge is -2.27. The third-order valence-corrected chi connectivity index (χ3v) is 3.87. The Morgan fingerprint density at radius 1 is 1.48 bits per heavy atom. The Morgan fingerprint density at radius 3 is 2.78 bits per heavy atom. The summed E-state index contributed by atoms with van der Waals surface area (Å²) in [6.07, 6.45) is 2.79. The average Bonchev–Trinajstić information content (AvgIpc) is 2.50. The second-order valence-electron chi connectivity index (χ2n) is 4.57. The summed E-state index contributed by atoms with van der Waals surface area (Å²) in [6, 6.07) is 3.13. The molecule has 23 heavy (non-hydrogen) atoms. The van der Waals surface area contributed by atoms with Crippen molar-refractivity contribution >= 4 is 51.2 Å². The van der Waals surface area contributed by atoms with Crippen LogP contribution in [0.1, 0.15) is 5.56 Å². The Labute approximate surface area is 146 Å². The summed E-state index contributed by atoms with van der Waals surface area (Å²) in [6.45, 7) is 3.72. The molecule has 8 heteroatoms. The number of ether oxygens (including phenoxy) is 1. The second kappa shape index (κ2) is 6.93. The number of benzene rings is 1. The lowest BCUT2D eigenvalue weighted by molar-refractivity contribution is -0.128. The van der Waals surface area contributed by atoms with E-state index in [2.05, 4.69) is 27.8 Å². The van der Waals surface area contributed by atoms with Crippen LogP contribution in [0.5, 0.6) is 11.5 Å². The van der Waals surface area contributed by atoms with Gasteiger partial charge in [0.1, 0.15) is 5.57 Å². The van der Waals surface area contributed by atoms with Gasteiger partial charge in [-0.25, -0.2) is 0 Å². The molecule has 1 aliphatic rings. The zero-order chi connectivity index (χ0) is 17.1. The fourth-order valence-corrected chi connectivity index (χ4v) is 2.71. The topological polar surface area (TPSA) is 78.9 Å². The molecule has 1 heterocycles. The number of aromatic hydroxyl groups is 1. The predicted molar refractivity (Wildman–Crippen MR) is 93.0 cm³/mol. The van der Waals surface area contributed by atoms with Crippen molar-refractivity contribution in [1.29, 1.82) is 0 Å². The first-order chi connectivity index (χ1) is 10.9. The third-order valence-electron chi connectivity index (χ3n) is 3.09. The van der Waals surface area contributed by atoms with Crippen molar-refractivity contribution in [3.63, 3.8) is 0 Å². The van der Waals surface area contributed by atoms with Crippen LogP contribution in [0.2, 0.25) is 0 Å². The molecule has 0 bridgehead atoms. The number of carbonyl (C=O) groups excluding carboxylic acids is 2. The van der Waals surface area contributed by atoms with E-state index in [1.807, 2.05) is 0 Å². The molecule has 0 aromatic heterocycles. The standard InChI is InChI=1S/C15H13BrN2O4S/c1-3-4-18-14(21)10(13(20)17-15(18)23)6-8-5-9(16)7-11(22-2)12(8)19/h3,5-7,19H,1,4H2,2H3,(H,17,20,23)/b10-6+. The van der Waals surface area contributed by atoms with Crippen LogP contribution in [0.4, 0.5) is 0 Å². The fourth-order valence-electron chi connectivity index (χ4n) is 2.00. The number of phenolic OH excluding ortho intramolecular Hbond substituents is 1. The lowest BCUT2D eigenvalue weighted by Crippen LogP contribution is -2.53. The quantitative estimate of drug-likeness (QED) is 0.352. The molecule has 1 aromatic rings. The summed E-state index contributed by atoms with van der Waals surface area (Å²) >= 11 is 8.25. The molecular formula is C15H13BrN2O4S. The van der Waals surface area contributed by atoms with Crippen LogP contribution in [0.3, 0.4) is 0 Å². The Balaban J connectivity index is 2.51. The van der Waals surface area contributed by atoms with E-state index in [0.717, 1.165) is 0 Å². The van der Waals surface area contributed by atoms with E-state index in [1.165, 1.54) is 24.2 Å². The summed E-state index contributed by atoms with van der Waals surface area (Å²) in [5.41, 5.74) is 0.122. The summed E-state index contributed by atoms with van der Waals surface area (Å²) in [5, 5.41) is 12.6.